The van der Waals surface area contributed by atoms with Gasteiger partial charge in [-0.3, -0.25) is 14.5 Å². The predicted molar refractivity (Wildman–Crippen MR) is 112 cm³/mol. The number of ether oxygens (including phenoxy) is 1. The van der Waals surface area contributed by atoms with Crippen molar-refractivity contribution < 1.29 is 14.3 Å². The van der Waals surface area contributed by atoms with Gasteiger partial charge < -0.3 is 15.4 Å². The molecular weight excluding hydrogens is 374 g/mol. The van der Waals surface area contributed by atoms with E-state index in [1.54, 1.807) is 18.2 Å². The molecule has 7 heteroatoms. The zero-order chi connectivity index (χ0) is 19.5. The van der Waals surface area contributed by atoms with Gasteiger partial charge in [0.25, 0.3) is 11.8 Å². The van der Waals surface area contributed by atoms with E-state index in [1.165, 1.54) is 17.1 Å². The van der Waals surface area contributed by atoms with Gasteiger partial charge >= 0.3 is 0 Å². The number of hydrogen-bond donors (Lipinski definition) is 2. The second kappa shape index (κ2) is 8.24. The summed E-state index contributed by atoms with van der Waals surface area (Å²) in [5.74, 6) is 2.48. The zero-order valence-corrected chi connectivity index (χ0v) is 16.6. The highest BCUT2D eigenvalue weighted by atomic mass is 32.2. The summed E-state index contributed by atoms with van der Waals surface area (Å²) in [5.41, 5.74) is 4.23. The minimum atomic E-state index is -0.196. The van der Waals surface area contributed by atoms with Crippen LogP contribution in [0.2, 0.25) is 0 Å². The molecule has 0 atom stereocenters. The number of carbonyl (C=O) groups is 2. The average molecular weight is 398 g/mol. The van der Waals surface area contributed by atoms with Crippen molar-refractivity contribution in [2.24, 2.45) is 0 Å². The number of thioether (sulfide) groups is 1. The molecule has 1 fully saturated rings. The van der Waals surface area contributed by atoms with Gasteiger partial charge in [-0.05, 0) is 42.3 Å². The number of nitrogens with zero attached hydrogens (tertiary/aromatic N) is 1. The Kier molecular flexibility index (Phi) is 5.54. The first-order valence-corrected chi connectivity index (χ1v) is 10.5. The maximum atomic E-state index is 12.8. The standard InChI is InChI=1S/C21H23N3O3S/c1-14-16(12-24-7-9-28-10-8-24)3-2-4-17(14)23-21(26)15-5-6-18-19(11-15)27-13-20(25)22-18/h2-6,11H,7-10,12-13H2,1H3,(H,22,25)(H,23,26). The topological polar surface area (TPSA) is 70.7 Å². The fraction of sp³-hybridized carbons (Fsp3) is 0.333. The van der Waals surface area contributed by atoms with Crippen molar-refractivity contribution in [1.29, 1.82) is 0 Å². The van der Waals surface area contributed by atoms with Gasteiger partial charge in [-0.2, -0.15) is 11.8 Å². The van der Waals surface area contributed by atoms with Gasteiger partial charge in [-0.25, -0.2) is 0 Å². The van der Waals surface area contributed by atoms with Crippen LogP contribution in [0.3, 0.4) is 0 Å². The van der Waals surface area contributed by atoms with Crippen molar-refractivity contribution in [3.63, 3.8) is 0 Å². The van der Waals surface area contributed by atoms with Gasteiger partial charge in [0.2, 0.25) is 0 Å². The van der Waals surface area contributed by atoms with Crippen molar-refractivity contribution in [3.05, 3.63) is 53.1 Å². The fourth-order valence-electron chi connectivity index (χ4n) is 3.40. The van der Waals surface area contributed by atoms with Crippen LogP contribution in [-0.4, -0.2) is 47.9 Å². The fourth-order valence-corrected chi connectivity index (χ4v) is 4.38. The van der Waals surface area contributed by atoms with E-state index in [2.05, 4.69) is 28.5 Å². The first kappa shape index (κ1) is 18.8. The van der Waals surface area contributed by atoms with Crippen molar-refractivity contribution in [2.75, 3.05) is 41.8 Å². The van der Waals surface area contributed by atoms with Gasteiger partial charge in [0.1, 0.15) is 5.75 Å². The van der Waals surface area contributed by atoms with Crippen LogP contribution >= 0.6 is 11.8 Å². The van der Waals surface area contributed by atoms with Crippen LogP contribution in [0.25, 0.3) is 0 Å². The van der Waals surface area contributed by atoms with E-state index in [-0.39, 0.29) is 18.4 Å². The minimum absolute atomic E-state index is 0.0335. The summed E-state index contributed by atoms with van der Waals surface area (Å²) in [5, 5.41) is 5.74. The zero-order valence-electron chi connectivity index (χ0n) is 15.8. The minimum Gasteiger partial charge on any atom is -0.482 e. The number of rotatable bonds is 4. The molecule has 2 aliphatic heterocycles. The Bertz CT molecular complexity index is 910. The summed E-state index contributed by atoms with van der Waals surface area (Å²) in [6, 6.07) is 11.1. The van der Waals surface area contributed by atoms with E-state index < -0.39 is 0 Å². The van der Waals surface area contributed by atoms with Crippen LogP contribution in [0.15, 0.2) is 36.4 Å². The van der Waals surface area contributed by atoms with E-state index in [9.17, 15) is 9.59 Å². The maximum Gasteiger partial charge on any atom is 0.262 e. The molecule has 2 aromatic carbocycles. The summed E-state index contributed by atoms with van der Waals surface area (Å²) in [7, 11) is 0. The van der Waals surface area contributed by atoms with Crippen LogP contribution in [0, 0.1) is 6.92 Å². The van der Waals surface area contributed by atoms with E-state index in [0.29, 0.717) is 17.0 Å². The lowest BCUT2D eigenvalue weighted by atomic mass is 10.1. The number of anilines is 2. The van der Waals surface area contributed by atoms with Crippen molar-refractivity contribution in [3.8, 4) is 5.75 Å². The second-order valence-corrected chi connectivity index (χ2v) is 8.20. The van der Waals surface area contributed by atoms with Gasteiger partial charge in [0.15, 0.2) is 6.61 Å². The first-order valence-electron chi connectivity index (χ1n) is 9.37. The highest BCUT2D eigenvalue weighted by molar-refractivity contribution is 7.99. The number of benzene rings is 2. The highest BCUT2D eigenvalue weighted by Crippen LogP contribution is 2.29. The molecule has 4 rings (SSSR count). The molecule has 2 amide bonds. The van der Waals surface area contributed by atoms with E-state index in [1.807, 2.05) is 23.9 Å². The van der Waals surface area contributed by atoms with Crippen LogP contribution in [0.1, 0.15) is 21.5 Å². The Morgan fingerprint density at radius 1 is 1.25 bits per heavy atom. The Morgan fingerprint density at radius 2 is 2.07 bits per heavy atom. The molecule has 0 aromatic heterocycles. The number of hydrogen-bond acceptors (Lipinski definition) is 5. The van der Waals surface area contributed by atoms with Crippen molar-refractivity contribution in [1.82, 2.24) is 4.90 Å². The molecule has 2 N–H and O–H groups in total. The van der Waals surface area contributed by atoms with E-state index in [4.69, 9.17) is 4.74 Å². The van der Waals surface area contributed by atoms with Gasteiger partial charge in [-0.15, -0.1) is 0 Å². The molecule has 2 heterocycles. The molecule has 0 aliphatic carbocycles. The van der Waals surface area contributed by atoms with Crippen molar-refractivity contribution in [2.45, 2.75) is 13.5 Å². The van der Waals surface area contributed by atoms with Gasteiger partial charge in [0.05, 0.1) is 5.69 Å². The molecular formula is C21H23N3O3S. The summed E-state index contributed by atoms with van der Waals surface area (Å²) in [4.78, 5) is 26.6. The number of fused-ring (bicyclic) bond motifs is 1. The molecule has 28 heavy (non-hydrogen) atoms. The van der Waals surface area contributed by atoms with Crippen LogP contribution in [0.5, 0.6) is 5.75 Å². The molecule has 0 radical (unpaired) electrons. The quantitative estimate of drug-likeness (QED) is 0.830. The lowest BCUT2D eigenvalue weighted by Crippen LogP contribution is -2.32. The molecule has 0 bridgehead atoms. The largest absolute Gasteiger partial charge is 0.482 e. The molecule has 6 nitrogen and oxygen atoms in total. The van der Waals surface area contributed by atoms with Gasteiger partial charge in [0, 0.05) is 42.4 Å². The molecule has 2 aromatic rings. The summed E-state index contributed by atoms with van der Waals surface area (Å²) in [6.07, 6.45) is 0. The van der Waals surface area contributed by atoms with E-state index >= 15 is 0 Å². The summed E-state index contributed by atoms with van der Waals surface area (Å²) < 4.78 is 5.40. The Hall–Kier alpha value is -2.51. The SMILES string of the molecule is Cc1c(CN2CCSCC2)cccc1NC(=O)c1ccc2c(c1)OCC(=O)N2. The average Bonchev–Trinajstić information content (AvgIpc) is 2.71. The van der Waals surface area contributed by atoms with E-state index in [0.717, 1.165) is 30.9 Å². The summed E-state index contributed by atoms with van der Waals surface area (Å²) >= 11 is 2.00. The normalized spacial score (nSPS) is 16.7. The molecule has 0 saturated carbocycles. The Morgan fingerprint density at radius 3 is 2.89 bits per heavy atom. The first-order chi connectivity index (χ1) is 13.6. The predicted octanol–water partition coefficient (Wildman–Crippen LogP) is 3.13. The third kappa shape index (κ3) is 4.15. The molecule has 2 aliphatic rings. The third-order valence-corrected chi connectivity index (χ3v) is 6.01. The smallest absolute Gasteiger partial charge is 0.262 e. The molecule has 0 spiro atoms. The maximum absolute atomic E-state index is 12.8. The molecule has 146 valence electrons. The Labute approximate surface area is 168 Å². The molecule has 1 saturated heterocycles. The van der Waals surface area contributed by atoms with Crippen LogP contribution in [0.4, 0.5) is 11.4 Å². The van der Waals surface area contributed by atoms with Crippen LogP contribution < -0.4 is 15.4 Å². The number of nitrogens with one attached hydrogen (secondary N) is 2. The van der Waals surface area contributed by atoms with Gasteiger partial charge in [-0.1, -0.05) is 12.1 Å². The Balaban J connectivity index is 1.48. The molecule has 0 unspecified atom stereocenters. The summed E-state index contributed by atoms with van der Waals surface area (Å²) in [6.45, 7) is 5.13. The lowest BCUT2D eigenvalue weighted by molar-refractivity contribution is -0.118. The number of amides is 2. The lowest BCUT2D eigenvalue weighted by Gasteiger charge is -2.27. The highest BCUT2D eigenvalue weighted by Gasteiger charge is 2.19. The second-order valence-electron chi connectivity index (χ2n) is 6.98. The number of carbonyl (C=O) groups excluding carboxylic acids is 2. The van der Waals surface area contributed by atoms with Crippen LogP contribution in [-0.2, 0) is 11.3 Å². The third-order valence-electron chi connectivity index (χ3n) is 5.07. The van der Waals surface area contributed by atoms with Crippen molar-refractivity contribution >= 4 is 35.0 Å². The monoisotopic (exact) mass is 397 g/mol.